The number of rotatable bonds is 7. The molecule has 0 radical (unpaired) electrons. The van der Waals surface area contributed by atoms with Crippen molar-refractivity contribution in [2.24, 2.45) is 5.73 Å². The molecular formula is C14H17NO2S. The molecule has 0 aliphatic rings. The molecule has 1 aromatic carbocycles. The third-order valence-corrected chi connectivity index (χ3v) is 3.42. The zero-order valence-electron chi connectivity index (χ0n) is 10.2. The van der Waals surface area contributed by atoms with Gasteiger partial charge in [0.25, 0.3) is 0 Å². The Labute approximate surface area is 111 Å². The van der Waals surface area contributed by atoms with E-state index in [1.54, 1.807) is 18.0 Å². The molecule has 0 fully saturated rings. The summed E-state index contributed by atoms with van der Waals surface area (Å²) in [5.41, 5.74) is 6.65. The maximum atomic E-state index is 5.63. The van der Waals surface area contributed by atoms with Gasteiger partial charge in [-0.2, -0.15) is 11.8 Å². The fourth-order valence-corrected chi connectivity index (χ4v) is 2.22. The topological polar surface area (TPSA) is 48.4 Å². The molecule has 0 saturated heterocycles. The van der Waals surface area contributed by atoms with Crippen LogP contribution in [0.4, 0.5) is 0 Å². The summed E-state index contributed by atoms with van der Waals surface area (Å²) in [4.78, 5) is 0. The van der Waals surface area contributed by atoms with Gasteiger partial charge in [-0.3, -0.25) is 0 Å². The molecule has 2 aromatic rings. The Bertz CT molecular complexity index is 439. The average Bonchev–Trinajstić information content (AvgIpc) is 2.92. The highest BCUT2D eigenvalue weighted by atomic mass is 32.2. The number of thioether (sulfide) groups is 1. The second kappa shape index (κ2) is 7.13. The van der Waals surface area contributed by atoms with Crippen molar-refractivity contribution in [3.63, 3.8) is 0 Å². The molecule has 4 heteroatoms. The van der Waals surface area contributed by atoms with Crippen LogP contribution in [0.15, 0.2) is 47.1 Å². The molecule has 0 unspecified atom stereocenters. The van der Waals surface area contributed by atoms with E-state index in [-0.39, 0.29) is 0 Å². The Morgan fingerprint density at radius 1 is 1.17 bits per heavy atom. The van der Waals surface area contributed by atoms with Crippen molar-refractivity contribution in [2.75, 3.05) is 12.4 Å². The summed E-state index contributed by atoms with van der Waals surface area (Å²) in [5, 5.41) is 0. The minimum atomic E-state index is 0.569. The monoisotopic (exact) mass is 263 g/mol. The van der Waals surface area contributed by atoms with E-state index in [1.165, 1.54) is 0 Å². The zero-order chi connectivity index (χ0) is 12.6. The molecule has 0 saturated carbocycles. The van der Waals surface area contributed by atoms with Gasteiger partial charge in [-0.25, -0.2) is 0 Å². The second-order valence-electron chi connectivity index (χ2n) is 3.83. The van der Waals surface area contributed by atoms with E-state index in [2.05, 4.69) is 0 Å². The van der Waals surface area contributed by atoms with Crippen LogP contribution >= 0.6 is 11.8 Å². The van der Waals surface area contributed by atoms with E-state index in [1.807, 2.05) is 36.4 Å². The lowest BCUT2D eigenvalue weighted by molar-refractivity contribution is 0.344. The van der Waals surface area contributed by atoms with E-state index in [4.69, 9.17) is 14.9 Å². The highest BCUT2D eigenvalue weighted by Gasteiger charge is 1.97. The number of hydrogen-bond acceptors (Lipinski definition) is 4. The van der Waals surface area contributed by atoms with Crippen LogP contribution in [-0.2, 0) is 12.3 Å². The van der Waals surface area contributed by atoms with E-state index in [0.29, 0.717) is 13.2 Å². The summed E-state index contributed by atoms with van der Waals surface area (Å²) >= 11 is 1.80. The summed E-state index contributed by atoms with van der Waals surface area (Å²) in [7, 11) is 0. The van der Waals surface area contributed by atoms with Gasteiger partial charge < -0.3 is 14.9 Å². The predicted molar refractivity (Wildman–Crippen MR) is 74.7 cm³/mol. The molecule has 1 aromatic heterocycles. The fraction of sp³-hybridized carbons (Fsp3) is 0.286. The molecule has 0 atom stereocenters. The van der Waals surface area contributed by atoms with Crippen LogP contribution in [0.5, 0.6) is 5.75 Å². The van der Waals surface area contributed by atoms with Crippen LogP contribution in [0.25, 0.3) is 0 Å². The highest BCUT2D eigenvalue weighted by molar-refractivity contribution is 7.98. The van der Waals surface area contributed by atoms with Gasteiger partial charge in [0.05, 0.1) is 18.6 Å². The van der Waals surface area contributed by atoms with Gasteiger partial charge in [0.2, 0.25) is 0 Å². The Morgan fingerprint density at radius 3 is 2.67 bits per heavy atom. The zero-order valence-corrected chi connectivity index (χ0v) is 11.0. The normalized spacial score (nSPS) is 10.5. The lowest BCUT2D eigenvalue weighted by atomic mass is 10.2. The highest BCUT2D eigenvalue weighted by Crippen LogP contribution is 2.14. The molecule has 2 rings (SSSR count). The van der Waals surface area contributed by atoms with Gasteiger partial charge in [0.15, 0.2) is 0 Å². The van der Waals surface area contributed by atoms with Crippen molar-refractivity contribution in [2.45, 2.75) is 12.3 Å². The van der Waals surface area contributed by atoms with Gasteiger partial charge in [0.1, 0.15) is 11.5 Å². The maximum absolute atomic E-state index is 5.63. The van der Waals surface area contributed by atoms with Crippen LogP contribution in [0, 0.1) is 0 Å². The molecule has 18 heavy (non-hydrogen) atoms. The smallest absolute Gasteiger partial charge is 0.119 e. The fourth-order valence-electron chi connectivity index (χ4n) is 1.51. The van der Waals surface area contributed by atoms with Crippen molar-refractivity contribution in [3.05, 3.63) is 54.0 Å². The summed E-state index contributed by atoms with van der Waals surface area (Å²) in [6, 6.07) is 11.8. The van der Waals surface area contributed by atoms with E-state index in [0.717, 1.165) is 28.6 Å². The third kappa shape index (κ3) is 4.13. The molecule has 0 bridgehead atoms. The summed E-state index contributed by atoms with van der Waals surface area (Å²) in [6.45, 7) is 1.27. The SMILES string of the molecule is NCc1ccc(OCCSCc2ccco2)cc1. The summed E-state index contributed by atoms with van der Waals surface area (Å²) in [6.07, 6.45) is 1.70. The van der Waals surface area contributed by atoms with E-state index < -0.39 is 0 Å². The van der Waals surface area contributed by atoms with Gasteiger partial charge in [-0.15, -0.1) is 0 Å². The lowest BCUT2D eigenvalue weighted by Gasteiger charge is -2.06. The Balaban J connectivity index is 1.62. The number of hydrogen-bond donors (Lipinski definition) is 1. The Kier molecular flexibility index (Phi) is 5.17. The maximum Gasteiger partial charge on any atom is 0.119 e. The number of ether oxygens (including phenoxy) is 1. The van der Waals surface area contributed by atoms with Crippen molar-refractivity contribution < 1.29 is 9.15 Å². The average molecular weight is 263 g/mol. The first-order chi connectivity index (χ1) is 8.88. The number of nitrogens with two attached hydrogens (primary N) is 1. The minimum Gasteiger partial charge on any atom is -0.493 e. The van der Waals surface area contributed by atoms with Crippen LogP contribution < -0.4 is 10.5 Å². The quantitative estimate of drug-likeness (QED) is 0.780. The van der Waals surface area contributed by atoms with E-state index in [9.17, 15) is 0 Å². The first-order valence-electron chi connectivity index (χ1n) is 5.90. The summed E-state index contributed by atoms with van der Waals surface area (Å²) in [5.74, 6) is 3.74. The Morgan fingerprint density at radius 2 is 2.00 bits per heavy atom. The van der Waals surface area contributed by atoms with Crippen molar-refractivity contribution in [1.29, 1.82) is 0 Å². The standard InChI is InChI=1S/C14H17NO2S/c15-10-12-3-5-13(6-4-12)17-8-9-18-11-14-2-1-7-16-14/h1-7H,8-11,15H2. The Hall–Kier alpha value is -1.39. The molecular weight excluding hydrogens is 246 g/mol. The molecule has 96 valence electrons. The number of benzene rings is 1. The molecule has 0 spiro atoms. The molecule has 0 amide bonds. The van der Waals surface area contributed by atoms with Gasteiger partial charge in [-0.05, 0) is 29.8 Å². The third-order valence-electron chi connectivity index (χ3n) is 2.48. The van der Waals surface area contributed by atoms with Gasteiger partial charge >= 0.3 is 0 Å². The van der Waals surface area contributed by atoms with Crippen molar-refractivity contribution in [1.82, 2.24) is 0 Å². The van der Waals surface area contributed by atoms with Crippen LogP contribution in [0.3, 0.4) is 0 Å². The van der Waals surface area contributed by atoms with Crippen molar-refractivity contribution in [3.8, 4) is 5.75 Å². The van der Waals surface area contributed by atoms with Gasteiger partial charge in [0, 0.05) is 12.3 Å². The molecule has 0 aliphatic heterocycles. The van der Waals surface area contributed by atoms with Crippen LogP contribution in [0.2, 0.25) is 0 Å². The predicted octanol–water partition coefficient (Wildman–Crippen LogP) is 3.05. The lowest BCUT2D eigenvalue weighted by Crippen LogP contribution is -2.01. The first-order valence-corrected chi connectivity index (χ1v) is 7.06. The van der Waals surface area contributed by atoms with Crippen LogP contribution in [0.1, 0.15) is 11.3 Å². The van der Waals surface area contributed by atoms with E-state index >= 15 is 0 Å². The van der Waals surface area contributed by atoms with Crippen molar-refractivity contribution >= 4 is 11.8 Å². The second-order valence-corrected chi connectivity index (χ2v) is 4.93. The number of furan rings is 1. The van der Waals surface area contributed by atoms with Gasteiger partial charge in [-0.1, -0.05) is 12.1 Å². The molecule has 1 heterocycles. The van der Waals surface area contributed by atoms with Crippen LogP contribution in [-0.4, -0.2) is 12.4 Å². The molecule has 2 N–H and O–H groups in total. The largest absolute Gasteiger partial charge is 0.493 e. The molecule has 0 aliphatic carbocycles. The first kappa shape index (κ1) is 13.1. The minimum absolute atomic E-state index is 0.569. The summed E-state index contributed by atoms with van der Waals surface area (Å²) < 4.78 is 10.9. The molecule has 3 nitrogen and oxygen atoms in total.